The van der Waals surface area contributed by atoms with E-state index in [1.807, 2.05) is 6.29 Å². The smallest absolute Gasteiger partial charge is 0.237 e. The lowest BCUT2D eigenvalue weighted by molar-refractivity contribution is -0.123. The molecule has 4 nitrogen and oxygen atoms in total. The fraction of sp³-hybridized carbons (Fsp3) is 0.833. The summed E-state index contributed by atoms with van der Waals surface area (Å²) >= 11 is 0. The Morgan fingerprint density at radius 2 is 1.94 bits per heavy atom. The Kier molecular flexibility index (Phi) is 5.46. The first-order valence-electron chi connectivity index (χ1n) is 6.04. The summed E-state index contributed by atoms with van der Waals surface area (Å²) in [5.41, 5.74) is 0. The number of amides is 1. The maximum absolute atomic E-state index is 11.6. The normalized spacial score (nSPS) is 21.1. The molecule has 91 valence electrons. The molecule has 1 aliphatic carbocycles. The second-order valence-electron chi connectivity index (χ2n) is 4.51. The van der Waals surface area contributed by atoms with E-state index in [1.54, 1.807) is 14.0 Å². The molecule has 1 fully saturated rings. The fourth-order valence-corrected chi connectivity index (χ4v) is 2.12. The van der Waals surface area contributed by atoms with Gasteiger partial charge in [0.1, 0.15) is 0 Å². The van der Waals surface area contributed by atoms with Gasteiger partial charge in [-0.3, -0.25) is 9.59 Å². The third-order valence-corrected chi connectivity index (χ3v) is 3.37. The highest BCUT2D eigenvalue weighted by molar-refractivity contribution is 5.84. The van der Waals surface area contributed by atoms with E-state index in [0.29, 0.717) is 0 Å². The van der Waals surface area contributed by atoms with E-state index in [0.717, 1.165) is 25.7 Å². The van der Waals surface area contributed by atoms with Gasteiger partial charge in [-0.1, -0.05) is 19.3 Å². The molecule has 2 atom stereocenters. The average Bonchev–Trinajstić information content (AvgIpc) is 2.35. The molecular formula is C12H21N2O2. The molecule has 1 saturated carbocycles. The zero-order chi connectivity index (χ0) is 12.0. The van der Waals surface area contributed by atoms with Gasteiger partial charge in [-0.2, -0.15) is 0 Å². The van der Waals surface area contributed by atoms with Crippen molar-refractivity contribution < 1.29 is 9.59 Å². The zero-order valence-corrected chi connectivity index (χ0v) is 10.1. The van der Waals surface area contributed by atoms with Gasteiger partial charge in [0, 0.05) is 0 Å². The summed E-state index contributed by atoms with van der Waals surface area (Å²) in [6, 6.07) is -0.692. The summed E-state index contributed by atoms with van der Waals surface area (Å²) in [5.74, 6) is 0.153. The van der Waals surface area contributed by atoms with Crippen molar-refractivity contribution in [1.29, 1.82) is 0 Å². The van der Waals surface area contributed by atoms with E-state index in [9.17, 15) is 9.59 Å². The molecule has 4 heteroatoms. The van der Waals surface area contributed by atoms with Crippen molar-refractivity contribution in [3.8, 4) is 0 Å². The molecule has 1 aliphatic rings. The van der Waals surface area contributed by atoms with Crippen LogP contribution in [0.25, 0.3) is 0 Å². The first kappa shape index (κ1) is 13.2. The first-order chi connectivity index (χ1) is 7.69. The first-order valence-corrected chi connectivity index (χ1v) is 6.04. The van der Waals surface area contributed by atoms with Crippen molar-refractivity contribution >= 4 is 12.2 Å². The van der Waals surface area contributed by atoms with Crippen molar-refractivity contribution in [2.24, 2.45) is 5.92 Å². The van der Waals surface area contributed by atoms with Gasteiger partial charge >= 0.3 is 0 Å². The molecule has 16 heavy (non-hydrogen) atoms. The Morgan fingerprint density at radius 3 is 2.44 bits per heavy atom. The van der Waals surface area contributed by atoms with Gasteiger partial charge in [0.05, 0.1) is 12.1 Å². The number of hydrogen-bond acceptors (Lipinski definition) is 3. The lowest BCUT2D eigenvalue weighted by Gasteiger charge is -2.27. The summed E-state index contributed by atoms with van der Waals surface area (Å²) in [6.45, 7) is 1.78. The zero-order valence-electron chi connectivity index (χ0n) is 10.1. The van der Waals surface area contributed by atoms with Crippen LogP contribution in [0.4, 0.5) is 0 Å². The summed E-state index contributed by atoms with van der Waals surface area (Å²) < 4.78 is 0. The molecule has 0 aromatic heterocycles. The predicted molar refractivity (Wildman–Crippen MR) is 62.7 cm³/mol. The summed E-state index contributed by atoms with van der Waals surface area (Å²) in [6.07, 6.45) is 7.56. The number of carbonyl (C=O) groups excluding carboxylic acids is 2. The molecule has 1 amide bonds. The Morgan fingerprint density at radius 1 is 1.31 bits per heavy atom. The van der Waals surface area contributed by atoms with Crippen LogP contribution in [-0.4, -0.2) is 31.3 Å². The summed E-state index contributed by atoms with van der Waals surface area (Å²) in [7, 11) is 1.73. The van der Waals surface area contributed by atoms with E-state index >= 15 is 0 Å². The molecule has 0 aromatic carbocycles. The third kappa shape index (κ3) is 3.59. The van der Waals surface area contributed by atoms with Crippen LogP contribution in [0, 0.1) is 5.92 Å². The van der Waals surface area contributed by atoms with E-state index < -0.39 is 6.04 Å². The number of rotatable bonds is 5. The van der Waals surface area contributed by atoms with Crippen molar-refractivity contribution in [2.75, 3.05) is 7.05 Å². The monoisotopic (exact) mass is 225 g/mol. The highest BCUT2D eigenvalue weighted by Gasteiger charge is 2.26. The molecule has 0 bridgehead atoms. The summed E-state index contributed by atoms with van der Waals surface area (Å²) in [5, 5.41) is 5.62. The average molecular weight is 225 g/mol. The van der Waals surface area contributed by atoms with Gasteiger partial charge in [0.2, 0.25) is 12.2 Å². The van der Waals surface area contributed by atoms with Crippen LogP contribution < -0.4 is 10.6 Å². The topological polar surface area (TPSA) is 58.2 Å². The maximum atomic E-state index is 11.6. The molecule has 0 spiro atoms. The van der Waals surface area contributed by atoms with Crippen LogP contribution in [0.2, 0.25) is 0 Å². The van der Waals surface area contributed by atoms with Crippen molar-refractivity contribution in [3.63, 3.8) is 0 Å². The minimum atomic E-state index is -0.427. The van der Waals surface area contributed by atoms with Crippen molar-refractivity contribution in [3.05, 3.63) is 0 Å². The standard InChI is InChI=1S/C12H21N2O2/c1-9(13-2)12(16)14-11(8-15)10-6-4-3-5-7-10/h9-11,13H,3-7H2,1-2H3,(H,14,16)/t9-,11+/m0/s1. The Bertz CT molecular complexity index is 237. The Labute approximate surface area is 97.2 Å². The van der Waals surface area contributed by atoms with Gasteiger partial charge in [-0.05, 0) is 32.7 Å². The molecule has 1 rings (SSSR count). The molecule has 2 N–H and O–H groups in total. The van der Waals surface area contributed by atoms with E-state index in [1.165, 1.54) is 6.42 Å². The van der Waals surface area contributed by atoms with Crippen LogP contribution >= 0.6 is 0 Å². The molecule has 1 radical (unpaired) electrons. The van der Waals surface area contributed by atoms with Gasteiger partial charge in [0.25, 0.3) is 0 Å². The highest BCUT2D eigenvalue weighted by atomic mass is 16.2. The maximum Gasteiger partial charge on any atom is 0.237 e. The predicted octanol–water partition coefficient (Wildman–Crippen LogP) is 0.769. The quantitative estimate of drug-likeness (QED) is 0.726. The second-order valence-corrected chi connectivity index (χ2v) is 4.51. The minimum Gasteiger partial charge on any atom is -0.344 e. The van der Waals surface area contributed by atoms with Gasteiger partial charge < -0.3 is 10.6 Å². The Balaban J connectivity index is 2.47. The largest absolute Gasteiger partial charge is 0.344 e. The van der Waals surface area contributed by atoms with Crippen LogP contribution in [0.3, 0.4) is 0 Å². The molecule has 0 aliphatic heterocycles. The second kappa shape index (κ2) is 6.63. The molecule has 0 saturated heterocycles. The molecule has 0 heterocycles. The number of hydrogen-bond donors (Lipinski definition) is 2. The van der Waals surface area contributed by atoms with Gasteiger partial charge in [0.15, 0.2) is 0 Å². The van der Waals surface area contributed by atoms with E-state index in [4.69, 9.17) is 0 Å². The highest BCUT2D eigenvalue weighted by Crippen LogP contribution is 2.25. The lowest BCUT2D eigenvalue weighted by Crippen LogP contribution is -2.48. The van der Waals surface area contributed by atoms with Crippen LogP contribution in [0.1, 0.15) is 39.0 Å². The van der Waals surface area contributed by atoms with Crippen LogP contribution in [-0.2, 0) is 9.59 Å². The van der Waals surface area contributed by atoms with E-state index in [-0.39, 0.29) is 17.9 Å². The molecular weight excluding hydrogens is 204 g/mol. The fourth-order valence-electron chi connectivity index (χ4n) is 2.12. The molecule has 0 aromatic rings. The number of likely N-dealkylation sites (N-methyl/N-ethyl adjacent to an activating group) is 1. The third-order valence-electron chi connectivity index (χ3n) is 3.37. The van der Waals surface area contributed by atoms with Gasteiger partial charge in [-0.25, -0.2) is 0 Å². The van der Waals surface area contributed by atoms with Crippen molar-refractivity contribution in [1.82, 2.24) is 10.6 Å². The van der Waals surface area contributed by atoms with Gasteiger partial charge in [-0.15, -0.1) is 0 Å². The van der Waals surface area contributed by atoms with Crippen molar-refractivity contribution in [2.45, 2.75) is 51.1 Å². The Hall–Kier alpha value is -0.900. The lowest BCUT2D eigenvalue weighted by atomic mass is 9.84. The van der Waals surface area contributed by atoms with E-state index in [2.05, 4.69) is 10.6 Å². The van der Waals surface area contributed by atoms with Crippen LogP contribution in [0.15, 0.2) is 0 Å². The number of carbonyl (C=O) groups is 1. The summed E-state index contributed by atoms with van der Waals surface area (Å²) in [4.78, 5) is 22.5. The number of nitrogens with one attached hydrogen (secondary N) is 2. The minimum absolute atomic E-state index is 0.124. The SMILES string of the molecule is CN[C@@H](C)C(=O)N[C@H]([C]=O)C1CCCCC1. The van der Waals surface area contributed by atoms with Crippen LogP contribution in [0.5, 0.6) is 0 Å². The molecule has 0 unspecified atom stereocenters.